The van der Waals surface area contributed by atoms with Crippen molar-refractivity contribution >= 4 is 11.8 Å². The lowest BCUT2D eigenvalue weighted by molar-refractivity contribution is -0.123. The zero-order valence-corrected chi connectivity index (χ0v) is 23.5. The van der Waals surface area contributed by atoms with Crippen molar-refractivity contribution in [1.29, 1.82) is 0 Å². The highest BCUT2D eigenvalue weighted by Crippen LogP contribution is 2.31. The second-order valence-corrected chi connectivity index (χ2v) is 9.53. The molecule has 3 fully saturated rings. The van der Waals surface area contributed by atoms with Crippen LogP contribution in [0.2, 0.25) is 0 Å². The van der Waals surface area contributed by atoms with Gasteiger partial charge in [0, 0.05) is 11.5 Å². The van der Waals surface area contributed by atoms with E-state index < -0.39 is 0 Å². The van der Waals surface area contributed by atoms with Crippen LogP contribution in [0.1, 0.15) is 30.1 Å². The van der Waals surface area contributed by atoms with Crippen LogP contribution in [0.5, 0.6) is 11.5 Å². The molecule has 3 aliphatic rings. The van der Waals surface area contributed by atoms with Crippen molar-refractivity contribution in [2.75, 3.05) is 13.2 Å². The minimum Gasteiger partial charge on any atom is -0.457 e. The highest BCUT2D eigenvalue weighted by molar-refractivity contribution is 5.94. The van der Waals surface area contributed by atoms with E-state index in [1.807, 2.05) is 36.4 Å². The molecule has 2 aliphatic heterocycles. The Morgan fingerprint density at radius 2 is 1.35 bits per heavy atom. The van der Waals surface area contributed by atoms with Crippen molar-refractivity contribution in [3.8, 4) is 83.0 Å². The Bertz CT molecular complexity index is 1680. The molecule has 1 aliphatic carbocycles. The van der Waals surface area contributed by atoms with Crippen LogP contribution in [0.15, 0.2) is 54.6 Å². The van der Waals surface area contributed by atoms with Gasteiger partial charge >= 0.3 is 0 Å². The minimum absolute atomic E-state index is 0.0792. The molecule has 43 heavy (non-hydrogen) atoms. The van der Waals surface area contributed by atoms with Gasteiger partial charge in [-0.3, -0.25) is 9.59 Å². The van der Waals surface area contributed by atoms with Gasteiger partial charge < -0.3 is 24.8 Å². The predicted molar refractivity (Wildman–Crippen MR) is 162 cm³/mol. The van der Waals surface area contributed by atoms with Crippen LogP contribution < -0.4 is 15.4 Å². The fraction of sp³-hybridized carbons (Fsp3) is 0.278. The first kappa shape index (κ1) is 30.4. The molecule has 2 saturated heterocycles. The average Bonchev–Trinajstić information content (AvgIpc) is 3.70. The van der Waals surface area contributed by atoms with Gasteiger partial charge in [-0.1, -0.05) is 30.2 Å². The number of ether oxygens (including phenoxy) is 3. The molecule has 2 heterocycles. The Balaban J connectivity index is 0.000000277. The number of nitrogens with one attached hydrogen (secondary N) is 2. The summed E-state index contributed by atoms with van der Waals surface area (Å²) in [5.41, 5.74) is 0.503. The van der Waals surface area contributed by atoms with Crippen molar-refractivity contribution in [3.63, 3.8) is 0 Å². The van der Waals surface area contributed by atoms with Crippen LogP contribution in [0.3, 0.4) is 0 Å². The van der Waals surface area contributed by atoms with Crippen LogP contribution in [-0.4, -0.2) is 49.3 Å². The number of hydrogen-bond acceptors (Lipinski definition) is 5. The number of benzene rings is 2. The van der Waals surface area contributed by atoms with Crippen LogP contribution in [0.25, 0.3) is 0 Å². The van der Waals surface area contributed by atoms with Gasteiger partial charge in [0.1, 0.15) is 23.7 Å². The summed E-state index contributed by atoms with van der Waals surface area (Å²) >= 11 is 0. The van der Waals surface area contributed by atoms with Crippen molar-refractivity contribution in [1.82, 2.24) is 10.6 Å². The number of hydrogen-bond donors (Lipinski definition) is 2. The fourth-order valence-corrected chi connectivity index (χ4v) is 4.29. The summed E-state index contributed by atoms with van der Waals surface area (Å²) in [4.78, 5) is 24.9. The highest BCUT2D eigenvalue weighted by atomic mass is 16.6. The Kier molecular flexibility index (Phi) is 11.3. The summed E-state index contributed by atoms with van der Waals surface area (Å²) in [6, 6.07) is 16.1. The summed E-state index contributed by atoms with van der Waals surface area (Å²) in [6.07, 6.45) is 6.28. The van der Waals surface area contributed by atoms with Crippen molar-refractivity contribution in [3.05, 3.63) is 60.2 Å². The van der Waals surface area contributed by atoms with Gasteiger partial charge in [0.25, 0.3) is 5.91 Å². The molecule has 2 aromatic carbocycles. The van der Waals surface area contributed by atoms with Gasteiger partial charge in [-0.2, -0.15) is 0 Å². The number of rotatable bonds is 6. The quantitative estimate of drug-likeness (QED) is 0.524. The molecule has 212 valence electrons. The summed E-state index contributed by atoms with van der Waals surface area (Å²) in [5.74, 6) is 28.2. The molecule has 0 aromatic heterocycles. The first-order chi connectivity index (χ1) is 21.1. The van der Waals surface area contributed by atoms with Crippen LogP contribution in [0.4, 0.5) is 0 Å². The standard InChI is InChI=1S/C23H24N2O5.C13H4/c26-22(14-9-10-14)24-18-12-28-21-19(13-29-20(18)21)25-23(27)15-5-4-8-17(11-15)30-16-6-2-1-3-7-16;1-3-5-7-9-11-13-12-10-8-6-4-2/h1-8,11,14,18-21H,9-10,12-13H2,(H,24,26)(H,25,27);1H,2H3/t18-,19-,20+,21+;/m0./s1. The first-order valence-electron chi connectivity index (χ1n) is 13.6. The van der Waals surface area contributed by atoms with E-state index in [2.05, 4.69) is 75.8 Å². The Morgan fingerprint density at radius 1 is 0.767 bits per heavy atom. The number of amides is 2. The van der Waals surface area contributed by atoms with Gasteiger partial charge in [0.2, 0.25) is 5.91 Å². The predicted octanol–water partition coefficient (Wildman–Crippen LogP) is 2.93. The molecule has 2 aromatic rings. The summed E-state index contributed by atoms with van der Waals surface area (Å²) < 4.78 is 17.5. The molecule has 0 bridgehead atoms. The van der Waals surface area contributed by atoms with Crippen molar-refractivity contribution < 1.29 is 23.8 Å². The molecule has 0 spiro atoms. The maximum Gasteiger partial charge on any atom is 0.251 e. The Labute approximate surface area is 252 Å². The minimum atomic E-state index is -0.262. The van der Waals surface area contributed by atoms with Gasteiger partial charge in [-0.25, -0.2) is 0 Å². The second-order valence-electron chi connectivity index (χ2n) is 9.53. The van der Waals surface area contributed by atoms with E-state index in [0.29, 0.717) is 30.3 Å². The van der Waals surface area contributed by atoms with Crippen LogP contribution >= 0.6 is 0 Å². The number of terminal acetylenes is 1. The van der Waals surface area contributed by atoms with E-state index in [1.165, 1.54) is 0 Å². The van der Waals surface area contributed by atoms with Gasteiger partial charge in [0.05, 0.1) is 25.3 Å². The molecular weight excluding hydrogens is 540 g/mol. The smallest absolute Gasteiger partial charge is 0.251 e. The fourth-order valence-electron chi connectivity index (χ4n) is 4.29. The monoisotopic (exact) mass is 568 g/mol. The van der Waals surface area contributed by atoms with Gasteiger partial charge in [-0.05, 0) is 109 Å². The van der Waals surface area contributed by atoms with E-state index >= 15 is 0 Å². The van der Waals surface area contributed by atoms with Crippen molar-refractivity contribution in [2.45, 2.75) is 44.1 Å². The average molecular weight is 569 g/mol. The van der Waals surface area contributed by atoms with Crippen LogP contribution in [-0.2, 0) is 14.3 Å². The molecular formula is C36H28N2O5. The van der Waals surface area contributed by atoms with E-state index in [-0.39, 0.29) is 42.0 Å². The molecule has 4 atom stereocenters. The lowest BCUT2D eigenvalue weighted by atomic mass is 10.1. The molecule has 0 radical (unpaired) electrons. The second kappa shape index (κ2) is 16.0. The van der Waals surface area contributed by atoms with E-state index in [0.717, 1.165) is 12.8 Å². The molecule has 7 nitrogen and oxygen atoms in total. The molecule has 0 unspecified atom stereocenters. The zero-order valence-electron chi connectivity index (χ0n) is 23.5. The maximum atomic E-state index is 12.8. The summed E-state index contributed by atoms with van der Waals surface area (Å²) in [7, 11) is 0. The third kappa shape index (κ3) is 9.51. The van der Waals surface area contributed by atoms with Crippen molar-refractivity contribution in [2.24, 2.45) is 5.92 Å². The normalized spacial score (nSPS) is 20.2. The highest BCUT2D eigenvalue weighted by Gasteiger charge is 2.49. The zero-order chi connectivity index (χ0) is 30.3. The van der Waals surface area contributed by atoms with Gasteiger partial charge in [0.15, 0.2) is 0 Å². The molecule has 2 amide bonds. The lowest BCUT2D eigenvalue weighted by Gasteiger charge is -2.18. The summed E-state index contributed by atoms with van der Waals surface area (Å²) in [6.45, 7) is 2.47. The van der Waals surface area contributed by atoms with E-state index in [4.69, 9.17) is 20.6 Å². The molecule has 7 heteroatoms. The largest absolute Gasteiger partial charge is 0.457 e. The van der Waals surface area contributed by atoms with Crippen LogP contribution in [0, 0.1) is 77.5 Å². The van der Waals surface area contributed by atoms with Gasteiger partial charge in [-0.15, -0.1) is 6.42 Å². The molecule has 2 N–H and O–H groups in total. The Hall–Kier alpha value is -5.54. The molecule has 5 rings (SSSR count). The SMILES string of the molecule is C#CC#CC#CC#CC#CC#CC.O=C(N[C@H]1CO[C@H]2[C@@H]1OC[C@@H]2NC(=O)C1CC1)c1cccc(Oc2ccccc2)c1. The third-order valence-corrected chi connectivity index (χ3v) is 6.42. The third-order valence-electron chi connectivity index (χ3n) is 6.42. The maximum absolute atomic E-state index is 12.8. The van der Waals surface area contributed by atoms with E-state index in [9.17, 15) is 9.59 Å². The Morgan fingerprint density at radius 3 is 1.95 bits per heavy atom. The molecule has 1 saturated carbocycles. The lowest BCUT2D eigenvalue weighted by Crippen LogP contribution is -2.47. The number of para-hydroxylation sites is 1. The van der Waals surface area contributed by atoms with E-state index in [1.54, 1.807) is 25.1 Å². The summed E-state index contributed by atoms with van der Waals surface area (Å²) in [5, 5.41) is 6.04. The number of carbonyl (C=O) groups excluding carboxylic acids is 2. The topological polar surface area (TPSA) is 85.9 Å². The number of carbonyl (C=O) groups is 2. The first-order valence-corrected chi connectivity index (χ1v) is 13.6. The number of fused-ring (bicyclic) bond motifs is 1.